The van der Waals surface area contributed by atoms with Crippen molar-refractivity contribution in [3.05, 3.63) is 66.8 Å². The molecule has 0 spiro atoms. The Balaban J connectivity index is 1.78. The predicted octanol–water partition coefficient (Wildman–Crippen LogP) is 3.68. The van der Waals surface area contributed by atoms with Crippen molar-refractivity contribution < 1.29 is 13.9 Å². The van der Waals surface area contributed by atoms with Crippen LogP contribution >= 0.6 is 0 Å². The average Bonchev–Trinajstić information content (AvgIpc) is 3.12. The molecule has 0 saturated heterocycles. The molecule has 0 atom stereocenters. The number of carbonyl (C=O) groups is 1. The van der Waals surface area contributed by atoms with Crippen molar-refractivity contribution in [3.8, 4) is 5.75 Å². The zero-order chi connectivity index (χ0) is 16.1. The number of amides is 1. The van der Waals surface area contributed by atoms with Gasteiger partial charge in [-0.25, -0.2) is 4.98 Å². The summed E-state index contributed by atoms with van der Waals surface area (Å²) in [5.41, 5.74) is 1.86. The van der Waals surface area contributed by atoms with Crippen LogP contribution in [-0.4, -0.2) is 18.0 Å². The standard InChI is InChI=1S/C17H15N3O3/c1-22-14-6-4-13(5-7-14)19-16-15(3-2-9-18-16)20-17(21)12-8-10-23-11-12/h2-11H,1H3,(H,18,19)(H,20,21). The molecule has 2 N–H and O–H groups in total. The second-order valence-corrected chi connectivity index (χ2v) is 4.72. The highest BCUT2D eigenvalue weighted by Gasteiger charge is 2.11. The highest BCUT2D eigenvalue weighted by Crippen LogP contribution is 2.24. The fourth-order valence-corrected chi connectivity index (χ4v) is 2.00. The van der Waals surface area contributed by atoms with Gasteiger partial charge in [-0.15, -0.1) is 0 Å². The van der Waals surface area contributed by atoms with Gasteiger partial charge in [0.25, 0.3) is 5.91 Å². The Kier molecular flexibility index (Phi) is 4.24. The van der Waals surface area contributed by atoms with Crippen LogP contribution in [0.25, 0.3) is 0 Å². The third kappa shape index (κ3) is 3.49. The number of hydrogen-bond acceptors (Lipinski definition) is 5. The van der Waals surface area contributed by atoms with Crippen molar-refractivity contribution in [1.29, 1.82) is 0 Å². The monoisotopic (exact) mass is 309 g/mol. The van der Waals surface area contributed by atoms with Gasteiger partial charge < -0.3 is 19.8 Å². The molecule has 23 heavy (non-hydrogen) atoms. The van der Waals surface area contributed by atoms with E-state index in [0.29, 0.717) is 17.1 Å². The molecule has 0 fully saturated rings. The third-order valence-electron chi connectivity index (χ3n) is 3.19. The van der Waals surface area contributed by atoms with Crippen molar-refractivity contribution >= 4 is 23.1 Å². The van der Waals surface area contributed by atoms with Gasteiger partial charge in [0.15, 0.2) is 5.82 Å². The van der Waals surface area contributed by atoms with Gasteiger partial charge in [-0.3, -0.25) is 4.79 Å². The summed E-state index contributed by atoms with van der Waals surface area (Å²) in [6, 6.07) is 12.6. The van der Waals surface area contributed by atoms with Crippen LogP contribution in [0.1, 0.15) is 10.4 Å². The minimum absolute atomic E-state index is 0.260. The van der Waals surface area contributed by atoms with E-state index in [9.17, 15) is 4.79 Å². The third-order valence-corrected chi connectivity index (χ3v) is 3.19. The topological polar surface area (TPSA) is 76.4 Å². The number of benzene rings is 1. The maximum absolute atomic E-state index is 12.1. The van der Waals surface area contributed by atoms with Crippen LogP contribution in [0.4, 0.5) is 17.2 Å². The quantitative estimate of drug-likeness (QED) is 0.752. The molecule has 6 heteroatoms. The van der Waals surface area contributed by atoms with E-state index in [1.54, 1.807) is 31.5 Å². The summed E-state index contributed by atoms with van der Waals surface area (Å²) in [7, 11) is 1.62. The van der Waals surface area contributed by atoms with Crippen LogP contribution < -0.4 is 15.4 Å². The molecule has 1 amide bonds. The van der Waals surface area contributed by atoms with E-state index in [1.165, 1.54) is 12.5 Å². The number of carbonyl (C=O) groups excluding carboxylic acids is 1. The van der Waals surface area contributed by atoms with E-state index >= 15 is 0 Å². The van der Waals surface area contributed by atoms with Crippen molar-refractivity contribution in [2.45, 2.75) is 0 Å². The molecule has 0 saturated carbocycles. The average molecular weight is 309 g/mol. The number of hydrogen-bond donors (Lipinski definition) is 2. The van der Waals surface area contributed by atoms with Crippen LogP contribution in [0.5, 0.6) is 5.75 Å². The highest BCUT2D eigenvalue weighted by atomic mass is 16.5. The van der Waals surface area contributed by atoms with Gasteiger partial charge in [-0.05, 0) is 42.5 Å². The second-order valence-electron chi connectivity index (χ2n) is 4.72. The molecule has 1 aromatic carbocycles. The van der Waals surface area contributed by atoms with Crippen molar-refractivity contribution in [1.82, 2.24) is 4.98 Å². The maximum atomic E-state index is 12.1. The molecule has 0 aliphatic rings. The number of anilines is 3. The number of pyridine rings is 1. The van der Waals surface area contributed by atoms with Gasteiger partial charge in [-0.2, -0.15) is 0 Å². The Bertz CT molecular complexity index is 783. The van der Waals surface area contributed by atoms with E-state index in [0.717, 1.165) is 11.4 Å². The van der Waals surface area contributed by atoms with Crippen LogP contribution in [-0.2, 0) is 0 Å². The molecule has 2 aromatic heterocycles. The first-order chi connectivity index (χ1) is 11.3. The molecule has 2 heterocycles. The molecule has 0 aliphatic heterocycles. The molecule has 3 aromatic rings. The number of aromatic nitrogens is 1. The van der Waals surface area contributed by atoms with Crippen LogP contribution in [0.3, 0.4) is 0 Å². The van der Waals surface area contributed by atoms with Gasteiger partial charge in [0.1, 0.15) is 12.0 Å². The minimum Gasteiger partial charge on any atom is -0.497 e. The van der Waals surface area contributed by atoms with Crippen molar-refractivity contribution in [3.63, 3.8) is 0 Å². The smallest absolute Gasteiger partial charge is 0.259 e. The second kappa shape index (κ2) is 6.65. The van der Waals surface area contributed by atoms with E-state index in [1.807, 2.05) is 24.3 Å². The SMILES string of the molecule is COc1ccc(Nc2ncccc2NC(=O)c2ccoc2)cc1. The first kappa shape index (κ1) is 14.6. The Morgan fingerprint density at radius 1 is 1.17 bits per heavy atom. The van der Waals surface area contributed by atoms with Crippen LogP contribution in [0, 0.1) is 0 Å². The minimum atomic E-state index is -0.260. The van der Waals surface area contributed by atoms with E-state index in [-0.39, 0.29) is 5.91 Å². The first-order valence-corrected chi connectivity index (χ1v) is 6.96. The molecule has 0 radical (unpaired) electrons. The molecule has 0 unspecified atom stereocenters. The molecule has 3 rings (SSSR count). The molecule has 6 nitrogen and oxygen atoms in total. The van der Waals surface area contributed by atoms with Crippen LogP contribution in [0.2, 0.25) is 0 Å². The van der Waals surface area contributed by atoms with Gasteiger partial charge >= 0.3 is 0 Å². The molecule has 116 valence electrons. The summed E-state index contributed by atoms with van der Waals surface area (Å²) in [5.74, 6) is 1.06. The Morgan fingerprint density at radius 2 is 2.00 bits per heavy atom. The highest BCUT2D eigenvalue weighted by molar-refractivity contribution is 6.05. The predicted molar refractivity (Wildman–Crippen MR) is 87.2 cm³/mol. The summed E-state index contributed by atoms with van der Waals surface area (Å²) < 4.78 is 10.0. The maximum Gasteiger partial charge on any atom is 0.259 e. The number of rotatable bonds is 5. The Hall–Kier alpha value is -3.28. The molecular formula is C17H15N3O3. The summed E-state index contributed by atoms with van der Waals surface area (Å²) in [6.07, 6.45) is 4.50. The van der Waals surface area contributed by atoms with Crippen molar-refractivity contribution in [2.24, 2.45) is 0 Å². The number of nitrogens with zero attached hydrogens (tertiary/aromatic N) is 1. The lowest BCUT2D eigenvalue weighted by Gasteiger charge is -2.12. The lowest BCUT2D eigenvalue weighted by molar-refractivity contribution is 0.102. The van der Waals surface area contributed by atoms with Gasteiger partial charge in [0.05, 0.1) is 24.6 Å². The largest absolute Gasteiger partial charge is 0.497 e. The van der Waals surface area contributed by atoms with E-state index in [2.05, 4.69) is 15.6 Å². The fraction of sp³-hybridized carbons (Fsp3) is 0.0588. The number of ether oxygens (including phenoxy) is 1. The van der Waals surface area contributed by atoms with Crippen molar-refractivity contribution in [2.75, 3.05) is 17.7 Å². The lowest BCUT2D eigenvalue weighted by Crippen LogP contribution is -2.12. The fourth-order valence-electron chi connectivity index (χ4n) is 2.00. The van der Waals surface area contributed by atoms with E-state index in [4.69, 9.17) is 9.15 Å². The summed E-state index contributed by atoms with van der Waals surface area (Å²) in [5, 5.41) is 5.98. The Morgan fingerprint density at radius 3 is 2.70 bits per heavy atom. The lowest BCUT2D eigenvalue weighted by atomic mass is 10.2. The zero-order valence-electron chi connectivity index (χ0n) is 12.4. The molecule has 0 bridgehead atoms. The van der Waals surface area contributed by atoms with Gasteiger partial charge in [-0.1, -0.05) is 0 Å². The molecule has 0 aliphatic carbocycles. The zero-order valence-corrected chi connectivity index (χ0v) is 12.4. The molecular weight excluding hydrogens is 294 g/mol. The first-order valence-electron chi connectivity index (χ1n) is 6.96. The van der Waals surface area contributed by atoms with E-state index < -0.39 is 0 Å². The number of nitrogens with one attached hydrogen (secondary N) is 2. The number of methoxy groups -OCH3 is 1. The summed E-state index contributed by atoms with van der Waals surface area (Å²) >= 11 is 0. The van der Waals surface area contributed by atoms with Gasteiger partial charge in [0, 0.05) is 11.9 Å². The van der Waals surface area contributed by atoms with Gasteiger partial charge in [0.2, 0.25) is 0 Å². The number of furan rings is 1. The summed E-state index contributed by atoms with van der Waals surface area (Å²) in [4.78, 5) is 16.4. The summed E-state index contributed by atoms with van der Waals surface area (Å²) in [6.45, 7) is 0. The normalized spacial score (nSPS) is 10.1. The Labute approximate surface area is 133 Å². The van der Waals surface area contributed by atoms with Crippen LogP contribution in [0.15, 0.2) is 65.6 Å².